The molecule has 4 heteroatoms. The molecule has 0 aliphatic rings. The topological polar surface area (TPSA) is 57.8 Å². The van der Waals surface area contributed by atoms with Crippen LogP contribution < -0.4 is 10.9 Å². The van der Waals surface area contributed by atoms with Crippen molar-refractivity contribution < 1.29 is 0 Å². The molecule has 0 amide bonds. The van der Waals surface area contributed by atoms with E-state index in [0.29, 0.717) is 17.8 Å². The van der Waals surface area contributed by atoms with Gasteiger partial charge in [0.1, 0.15) is 5.82 Å². The van der Waals surface area contributed by atoms with Crippen LogP contribution in [0, 0.1) is 20.8 Å². The van der Waals surface area contributed by atoms with Crippen LogP contribution in [0.25, 0.3) is 10.9 Å². The first-order chi connectivity index (χ1) is 11.0. The van der Waals surface area contributed by atoms with Crippen LogP contribution in [0.4, 0.5) is 0 Å². The molecule has 23 heavy (non-hydrogen) atoms. The van der Waals surface area contributed by atoms with Gasteiger partial charge < -0.3 is 10.3 Å². The van der Waals surface area contributed by atoms with Crippen LogP contribution in [0.1, 0.15) is 28.1 Å². The van der Waals surface area contributed by atoms with Crippen LogP contribution >= 0.6 is 0 Å². The molecule has 0 saturated carbocycles. The molecule has 1 aromatic heterocycles. The van der Waals surface area contributed by atoms with Gasteiger partial charge in [0.25, 0.3) is 5.56 Å². The molecule has 0 spiro atoms. The summed E-state index contributed by atoms with van der Waals surface area (Å²) in [5.74, 6) is 0.662. The Kier molecular flexibility index (Phi) is 4.26. The second kappa shape index (κ2) is 6.34. The summed E-state index contributed by atoms with van der Waals surface area (Å²) >= 11 is 0. The molecule has 2 aromatic carbocycles. The minimum atomic E-state index is -0.0882. The Labute approximate surface area is 135 Å². The summed E-state index contributed by atoms with van der Waals surface area (Å²) in [5.41, 5.74) is 5.80. The van der Waals surface area contributed by atoms with Gasteiger partial charge in [0.15, 0.2) is 0 Å². The molecule has 2 N–H and O–H groups in total. The van der Waals surface area contributed by atoms with Crippen LogP contribution in [0.5, 0.6) is 0 Å². The minimum Gasteiger partial charge on any atom is -0.309 e. The zero-order valence-corrected chi connectivity index (χ0v) is 13.7. The largest absolute Gasteiger partial charge is 0.309 e. The second-order valence-electron chi connectivity index (χ2n) is 6.00. The number of aromatic amines is 1. The highest BCUT2D eigenvalue weighted by atomic mass is 16.1. The van der Waals surface area contributed by atoms with Gasteiger partial charge in [-0.3, -0.25) is 4.79 Å². The molecule has 0 saturated heterocycles. The zero-order valence-electron chi connectivity index (χ0n) is 13.7. The number of nitrogens with one attached hydrogen (secondary N) is 2. The van der Waals surface area contributed by atoms with E-state index in [0.717, 1.165) is 12.1 Å². The van der Waals surface area contributed by atoms with Crippen molar-refractivity contribution in [1.29, 1.82) is 0 Å². The van der Waals surface area contributed by atoms with Gasteiger partial charge in [-0.1, -0.05) is 24.3 Å². The van der Waals surface area contributed by atoms with Crippen LogP contribution in [0.3, 0.4) is 0 Å². The molecule has 0 bridgehead atoms. The fourth-order valence-corrected chi connectivity index (χ4v) is 2.74. The maximum absolute atomic E-state index is 12.0. The van der Waals surface area contributed by atoms with E-state index < -0.39 is 0 Å². The molecular formula is C19H21N3O. The van der Waals surface area contributed by atoms with Gasteiger partial charge >= 0.3 is 0 Å². The number of benzene rings is 2. The number of nitrogens with zero attached hydrogens (tertiary/aromatic N) is 1. The summed E-state index contributed by atoms with van der Waals surface area (Å²) in [7, 11) is 0. The summed E-state index contributed by atoms with van der Waals surface area (Å²) in [6, 6.07) is 11.8. The summed E-state index contributed by atoms with van der Waals surface area (Å²) in [4.78, 5) is 19.4. The van der Waals surface area contributed by atoms with Crippen molar-refractivity contribution in [2.75, 3.05) is 0 Å². The van der Waals surface area contributed by atoms with Crippen LogP contribution in [-0.2, 0) is 13.1 Å². The lowest BCUT2D eigenvalue weighted by Gasteiger charge is -2.11. The fraction of sp³-hybridized carbons (Fsp3) is 0.263. The lowest BCUT2D eigenvalue weighted by Crippen LogP contribution is -2.19. The molecule has 0 aliphatic carbocycles. The molecule has 3 aromatic rings. The van der Waals surface area contributed by atoms with E-state index >= 15 is 0 Å². The van der Waals surface area contributed by atoms with Gasteiger partial charge in [0, 0.05) is 6.54 Å². The van der Waals surface area contributed by atoms with Gasteiger partial charge in [-0.05, 0) is 55.2 Å². The molecule has 0 fully saturated rings. The number of hydrogen-bond donors (Lipinski definition) is 2. The summed E-state index contributed by atoms with van der Waals surface area (Å²) in [5, 5.41) is 3.99. The first kappa shape index (κ1) is 15.4. The number of fused-ring (bicyclic) bond motifs is 1. The number of H-pyrrole nitrogens is 1. The molecule has 0 atom stereocenters. The van der Waals surface area contributed by atoms with Crippen molar-refractivity contribution in [3.63, 3.8) is 0 Å². The lowest BCUT2D eigenvalue weighted by atomic mass is 10.0. The molecule has 4 nitrogen and oxygen atoms in total. The lowest BCUT2D eigenvalue weighted by molar-refractivity contribution is 0.660. The van der Waals surface area contributed by atoms with E-state index in [9.17, 15) is 4.79 Å². The van der Waals surface area contributed by atoms with Crippen molar-refractivity contribution in [2.24, 2.45) is 0 Å². The van der Waals surface area contributed by atoms with Gasteiger partial charge in [0.2, 0.25) is 0 Å². The molecule has 3 rings (SSSR count). The van der Waals surface area contributed by atoms with E-state index in [-0.39, 0.29) is 5.56 Å². The highest BCUT2D eigenvalue weighted by Gasteiger charge is 2.05. The SMILES string of the molecule is Cc1cc(C)c(CNCc2nc3ccccc3c(=O)[nH]2)cc1C. The van der Waals surface area contributed by atoms with Crippen molar-refractivity contribution in [3.8, 4) is 0 Å². The Hall–Kier alpha value is -2.46. The van der Waals surface area contributed by atoms with Gasteiger partial charge in [-0.25, -0.2) is 4.98 Å². The predicted molar refractivity (Wildman–Crippen MR) is 93.6 cm³/mol. The predicted octanol–water partition coefficient (Wildman–Crippen LogP) is 3.14. The van der Waals surface area contributed by atoms with E-state index in [1.54, 1.807) is 6.07 Å². The van der Waals surface area contributed by atoms with E-state index in [1.165, 1.54) is 22.3 Å². The number of rotatable bonds is 4. The maximum Gasteiger partial charge on any atom is 0.258 e. The average molecular weight is 307 g/mol. The minimum absolute atomic E-state index is 0.0882. The van der Waals surface area contributed by atoms with Crippen LogP contribution in [-0.4, -0.2) is 9.97 Å². The van der Waals surface area contributed by atoms with Gasteiger partial charge in [-0.2, -0.15) is 0 Å². The molecule has 1 heterocycles. The smallest absolute Gasteiger partial charge is 0.258 e. The second-order valence-corrected chi connectivity index (χ2v) is 6.00. The Morgan fingerprint density at radius 1 is 1.00 bits per heavy atom. The fourth-order valence-electron chi connectivity index (χ4n) is 2.74. The molecule has 0 aliphatic heterocycles. The van der Waals surface area contributed by atoms with E-state index in [2.05, 4.69) is 48.2 Å². The Balaban J connectivity index is 1.74. The molecule has 0 radical (unpaired) electrons. The monoisotopic (exact) mass is 307 g/mol. The van der Waals surface area contributed by atoms with Crippen molar-refractivity contribution in [3.05, 3.63) is 74.8 Å². The first-order valence-corrected chi connectivity index (χ1v) is 7.80. The molecule has 0 unspecified atom stereocenters. The Bertz CT molecular complexity index is 912. The third kappa shape index (κ3) is 3.32. The molecular weight excluding hydrogens is 286 g/mol. The average Bonchev–Trinajstić information content (AvgIpc) is 2.52. The Morgan fingerprint density at radius 2 is 1.74 bits per heavy atom. The van der Waals surface area contributed by atoms with E-state index in [1.807, 2.05) is 18.2 Å². The number of aryl methyl sites for hydroxylation is 3. The Morgan fingerprint density at radius 3 is 2.57 bits per heavy atom. The standard InChI is InChI=1S/C19H21N3O/c1-12-8-14(3)15(9-13(12)2)10-20-11-18-21-17-7-5-4-6-16(17)19(23)22-18/h4-9,20H,10-11H2,1-3H3,(H,21,22,23). The molecule has 118 valence electrons. The van der Waals surface area contributed by atoms with Gasteiger partial charge in [-0.15, -0.1) is 0 Å². The highest BCUT2D eigenvalue weighted by Crippen LogP contribution is 2.15. The zero-order chi connectivity index (χ0) is 16.4. The summed E-state index contributed by atoms with van der Waals surface area (Å²) in [6.07, 6.45) is 0. The highest BCUT2D eigenvalue weighted by molar-refractivity contribution is 5.77. The maximum atomic E-state index is 12.0. The number of para-hydroxylation sites is 1. The first-order valence-electron chi connectivity index (χ1n) is 7.80. The normalized spacial score (nSPS) is 11.1. The third-order valence-electron chi connectivity index (χ3n) is 4.22. The van der Waals surface area contributed by atoms with Crippen LogP contribution in [0.2, 0.25) is 0 Å². The van der Waals surface area contributed by atoms with E-state index in [4.69, 9.17) is 0 Å². The summed E-state index contributed by atoms with van der Waals surface area (Å²) in [6.45, 7) is 7.67. The quantitative estimate of drug-likeness (QED) is 0.778. The third-order valence-corrected chi connectivity index (χ3v) is 4.22. The van der Waals surface area contributed by atoms with Crippen LogP contribution in [0.15, 0.2) is 41.2 Å². The van der Waals surface area contributed by atoms with Crippen molar-refractivity contribution in [2.45, 2.75) is 33.9 Å². The van der Waals surface area contributed by atoms with Crippen molar-refractivity contribution >= 4 is 10.9 Å². The number of hydrogen-bond acceptors (Lipinski definition) is 3. The number of aromatic nitrogens is 2. The van der Waals surface area contributed by atoms with Crippen molar-refractivity contribution in [1.82, 2.24) is 15.3 Å². The van der Waals surface area contributed by atoms with Gasteiger partial charge in [0.05, 0.1) is 17.4 Å². The summed E-state index contributed by atoms with van der Waals surface area (Å²) < 4.78 is 0.